The fourth-order valence-electron chi connectivity index (χ4n) is 3.67. The second kappa shape index (κ2) is 5.81. The standard InChI is InChI=1S/C18H23N5/c1-21(11-14-7-8-17-19-9-10-23(17)12-14)13-18-20-15-5-3-4-6-16(15)22(18)2/h3-6,9-10,14H,7-8,11-13H2,1-2H3/t14-/m1/s1. The first kappa shape index (κ1) is 14.5. The van der Waals surface area contributed by atoms with Crippen LogP contribution in [0.1, 0.15) is 18.1 Å². The van der Waals surface area contributed by atoms with Gasteiger partial charge in [0.05, 0.1) is 17.6 Å². The zero-order chi connectivity index (χ0) is 15.8. The van der Waals surface area contributed by atoms with E-state index >= 15 is 0 Å². The average Bonchev–Trinajstić information content (AvgIpc) is 3.12. The fourth-order valence-corrected chi connectivity index (χ4v) is 3.67. The molecule has 0 unspecified atom stereocenters. The molecule has 4 rings (SSSR count). The maximum absolute atomic E-state index is 4.78. The summed E-state index contributed by atoms with van der Waals surface area (Å²) >= 11 is 0. The minimum Gasteiger partial charge on any atom is -0.335 e. The van der Waals surface area contributed by atoms with Crippen molar-refractivity contribution >= 4 is 11.0 Å². The van der Waals surface area contributed by atoms with Crippen molar-refractivity contribution in [3.8, 4) is 0 Å². The Morgan fingerprint density at radius 2 is 2.17 bits per heavy atom. The predicted molar refractivity (Wildman–Crippen MR) is 91.1 cm³/mol. The van der Waals surface area contributed by atoms with Gasteiger partial charge in [0.15, 0.2) is 0 Å². The van der Waals surface area contributed by atoms with Crippen molar-refractivity contribution in [1.82, 2.24) is 24.0 Å². The van der Waals surface area contributed by atoms with E-state index in [4.69, 9.17) is 4.98 Å². The van der Waals surface area contributed by atoms with Gasteiger partial charge >= 0.3 is 0 Å². The number of rotatable bonds is 4. The van der Waals surface area contributed by atoms with E-state index in [-0.39, 0.29) is 0 Å². The first-order chi connectivity index (χ1) is 11.2. The lowest BCUT2D eigenvalue weighted by Gasteiger charge is -2.28. The van der Waals surface area contributed by atoms with Gasteiger partial charge < -0.3 is 9.13 Å². The minimum atomic E-state index is 0.691. The molecule has 0 bridgehead atoms. The highest BCUT2D eigenvalue weighted by atomic mass is 15.2. The molecule has 0 radical (unpaired) electrons. The van der Waals surface area contributed by atoms with E-state index in [2.05, 4.69) is 57.5 Å². The van der Waals surface area contributed by atoms with Gasteiger partial charge in [-0.2, -0.15) is 0 Å². The van der Waals surface area contributed by atoms with Crippen molar-refractivity contribution < 1.29 is 0 Å². The smallest absolute Gasteiger partial charge is 0.123 e. The molecule has 0 fully saturated rings. The Hall–Kier alpha value is -2.14. The zero-order valence-corrected chi connectivity index (χ0v) is 13.8. The normalized spacial score (nSPS) is 17.8. The summed E-state index contributed by atoms with van der Waals surface area (Å²) in [5.74, 6) is 3.06. The van der Waals surface area contributed by atoms with E-state index in [1.54, 1.807) is 0 Å². The van der Waals surface area contributed by atoms with Crippen LogP contribution in [0.25, 0.3) is 11.0 Å². The maximum atomic E-state index is 4.78. The molecule has 1 aromatic carbocycles. The van der Waals surface area contributed by atoms with Gasteiger partial charge in [-0.05, 0) is 31.5 Å². The second-order valence-electron chi connectivity index (χ2n) is 6.67. The summed E-state index contributed by atoms with van der Waals surface area (Å²) in [4.78, 5) is 11.6. The first-order valence-corrected chi connectivity index (χ1v) is 8.29. The van der Waals surface area contributed by atoms with Gasteiger partial charge in [0.25, 0.3) is 0 Å². The first-order valence-electron chi connectivity index (χ1n) is 8.29. The molecule has 0 saturated heterocycles. The molecule has 0 spiro atoms. The molecule has 1 atom stereocenters. The van der Waals surface area contributed by atoms with Crippen LogP contribution in [0.4, 0.5) is 0 Å². The van der Waals surface area contributed by atoms with Gasteiger partial charge in [-0.3, -0.25) is 4.90 Å². The number of imidazole rings is 2. The van der Waals surface area contributed by atoms with Crippen LogP contribution in [0.3, 0.4) is 0 Å². The highest BCUT2D eigenvalue weighted by Crippen LogP contribution is 2.20. The van der Waals surface area contributed by atoms with E-state index in [0.717, 1.165) is 37.4 Å². The summed E-state index contributed by atoms with van der Waals surface area (Å²) < 4.78 is 4.51. The van der Waals surface area contributed by atoms with E-state index in [1.807, 2.05) is 12.3 Å². The summed E-state index contributed by atoms with van der Waals surface area (Å²) in [5.41, 5.74) is 2.29. The number of aryl methyl sites for hydroxylation is 2. The Labute approximate surface area is 136 Å². The van der Waals surface area contributed by atoms with Crippen LogP contribution in [-0.2, 0) is 26.6 Å². The number of para-hydroxylation sites is 2. The van der Waals surface area contributed by atoms with Crippen LogP contribution in [-0.4, -0.2) is 37.6 Å². The number of benzene rings is 1. The van der Waals surface area contributed by atoms with Crippen molar-refractivity contribution in [2.75, 3.05) is 13.6 Å². The van der Waals surface area contributed by atoms with E-state index in [1.165, 1.54) is 17.8 Å². The van der Waals surface area contributed by atoms with Crippen molar-refractivity contribution in [3.63, 3.8) is 0 Å². The van der Waals surface area contributed by atoms with Crippen molar-refractivity contribution in [1.29, 1.82) is 0 Å². The zero-order valence-electron chi connectivity index (χ0n) is 13.8. The largest absolute Gasteiger partial charge is 0.335 e. The lowest BCUT2D eigenvalue weighted by atomic mass is 9.99. The summed E-state index contributed by atoms with van der Waals surface area (Å²) in [7, 11) is 4.31. The van der Waals surface area contributed by atoms with Gasteiger partial charge in [-0.25, -0.2) is 9.97 Å². The van der Waals surface area contributed by atoms with Crippen LogP contribution in [0, 0.1) is 5.92 Å². The van der Waals surface area contributed by atoms with E-state index in [0.29, 0.717) is 5.92 Å². The summed E-state index contributed by atoms with van der Waals surface area (Å²) in [5, 5.41) is 0. The quantitative estimate of drug-likeness (QED) is 0.743. The highest BCUT2D eigenvalue weighted by molar-refractivity contribution is 5.75. The molecule has 0 N–H and O–H groups in total. The third-order valence-electron chi connectivity index (χ3n) is 4.89. The van der Waals surface area contributed by atoms with Crippen molar-refractivity contribution in [2.45, 2.75) is 25.9 Å². The number of hydrogen-bond acceptors (Lipinski definition) is 3. The molecule has 5 heteroatoms. The molecular weight excluding hydrogens is 286 g/mol. The molecule has 2 aromatic heterocycles. The van der Waals surface area contributed by atoms with Gasteiger partial charge in [0, 0.05) is 39.0 Å². The molecule has 0 saturated carbocycles. The molecule has 1 aliphatic rings. The Balaban J connectivity index is 1.43. The minimum absolute atomic E-state index is 0.691. The van der Waals surface area contributed by atoms with Crippen LogP contribution < -0.4 is 0 Å². The second-order valence-corrected chi connectivity index (χ2v) is 6.67. The molecule has 0 amide bonds. The van der Waals surface area contributed by atoms with Gasteiger partial charge in [0.2, 0.25) is 0 Å². The number of aromatic nitrogens is 4. The van der Waals surface area contributed by atoms with Gasteiger partial charge in [0.1, 0.15) is 11.6 Å². The molecule has 3 aromatic rings. The van der Waals surface area contributed by atoms with Crippen molar-refractivity contribution in [3.05, 3.63) is 48.3 Å². The molecular formula is C18H23N5. The molecule has 120 valence electrons. The third-order valence-corrected chi connectivity index (χ3v) is 4.89. The van der Waals surface area contributed by atoms with Crippen molar-refractivity contribution in [2.24, 2.45) is 13.0 Å². The fraction of sp³-hybridized carbons (Fsp3) is 0.444. The van der Waals surface area contributed by atoms with Crippen LogP contribution in [0.2, 0.25) is 0 Å². The van der Waals surface area contributed by atoms with Crippen LogP contribution in [0.15, 0.2) is 36.7 Å². The Morgan fingerprint density at radius 3 is 3.04 bits per heavy atom. The Kier molecular flexibility index (Phi) is 3.65. The third kappa shape index (κ3) is 2.77. The average molecular weight is 309 g/mol. The molecule has 23 heavy (non-hydrogen) atoms. The highest BCUT2D eigenvalue weighted by Gasteiger charge is 2.20. The maximum Gasteiger partial charge on any atom is 0.123 e. The SMILES string of the molecule is CN(Cc1nc2ccccc2n1C)C[C@H]1CCc2nccn2C1. The van der Waals surface area contributed by atoms with Crippen LogP contribution in [0.5, 0.6) is 0 Å². The Morgan fingerprint density at radius 1 is 1.30 bits per heavy atom. The van der Waals surface area contributed by atoms with Crippen LogP contribution >= 0.6 is 0 Å². The summed E-state index contributed by atoms with van der Waals surface area (Å²) in [6.45, 7) is 3.07. The van der Waals surface area contributed by atoms with Gasteiger partial charge in [-0.1, -0.05) is 12.1 Å². The lowest BCUT2D eigenvalue weighted by molar-refractivity contribution is 0.224. The molecule has 5 nitrogen and oxygen atoms in total. The topological polar surface area (TPSA) is 38.9 Å². The Bertz CT molecular complexity index is 816. The number of hydrogen-bond donors (Lipinski definition) is 0. The van der Waals surface area contributed by atoms with E-state index in [9.17, 15) is 0 Å². The molecule has 0 aliphatic carbocycles. The summed E-state index contributed by atoms with van der Waals surface area (Å²) in [6, 6.07) is 8.34. The number of nitrogens with zero attached hydrogens (tertiary/aromatic N) is 5. The van der Waals surface area contributed by atoms with Gasteiger partial charge in [-0.15, -0.1) is 0 Å². The predicted octanol–water partition coefficient (Wildman–Crippen LogP) is 2.46. The summed E-state index contributed by atoms with van der Waals surface area (Å²) in [6.07, 6.45) is 6.34. The number of fused-ring (bicyclic) bond motifs is 2. The monoisotopic (exact) mass is 309 g/mol. The van der Waals surface area contributed by atoms with E-state index < -0.39 is 0 Å². The molecule has 3 heterocycles. The molecule has 1 aliphatic heterocycles. The lowest BCUT2D eigenvalue weighted by Crippen LogP contribution is -2.31.